The van der Waals surface area contributed by atoms with Gasteiger partial charge in [0.2, 0.25) is 11.8 Å². The second-order valence-corrected chi connectivity index (χ2v) is 8.38. The fourth-order valence-electron chi connectivity index (χ4n) is 4.40. The van der Waals surface area contributed by atoms with E-state index in [1.807, 2.05) is 19.9 Å². The summed E-state index contributed by atoms with van der Waals surface area (Å²) in [5, 5.41) is 16.7. The highest BCUT2D eigenvalue weighted by Gasteiger charge is 2.36. The number of nitrogens with one attached hydrogen (secondary N) is 1. The van der Waals surface area contributed by atoms with Crippen LogP contribution in [0.25, 0.3) is 5.69 Å². The van der Waals surface area contributed by atoms with Gasteiger partial charge in [-0.1, -0.05) is 6.07 Å². The van der Waals surface area contributed by atoms with E-state index < -0.39 is 23.2 Å². The molecule has 2 aromatic carbocycles. The van der Waals surface area contributed by atoms with Crippen molar-refractivity contribution in [2.45, 2.75) is 33.2 Å². The van der Waals surface area contributed by atoms with Crippen LogP contribution in [0.15, 0.2) is 51.1 Å². The average Bonchev–Trinajstić information content (AvgIpc) is 3.22. The van der Waals surface area contributed by atoms with Crippen LogP contribution in [-0.4, -0.2) is 45.5 Å². The first kappa shape index (κ1) is 23.8. The minimum Gasteiger partial charge on any atom is -0.497 e. The van der Waals surface area contributed by atoms with Crippen LogP contribution in [0, 0.1) is 13.8 Å². The average molecular weight is 479 g/mol. The topological polar surface area (TPSA) is 126 Å². The third-order valence-electron chi connectivity index (χ3n) is 5.87. The van der Waals surface area contributed by atoms with Crippen molar-refractivity contribution in [3.63, 3.8) is 0 Å². The molecule has 182 valence electrons. The number of aromatic nitrogens is 2. The Bertz CT molecular complexity index is 1450. The number of benzene rings is 2. The molecule has 0 spiro atoms. The zero-order valence-corrected chi connectivity index (χ0v) is 20.1. The first-order valence-corrected chi connectivity index (χ1v) is 10.9. The Morgan fingerprint density at radius 3 is 2.37 bits per heavy atom. The number of hydrazone groups is 1. The van der Waals surface area contributed by atoms with Gasteiger partial charge in [0.1, 0.15) is 17.1 Å². The lowest BCUT2D eigenvalue weighted by Gasteiger charge is -2.22. The molecule has 0 bridgehead atoms. The summed E-state index contributed by atoms with van der Waals surface area (Å²) in [5.41, 5.74) is 1.18. The predicted octanol–water partition coefficient (Wildman–Crippen LogP) is 2.56. The van der Waals surface area contributed by atoms with Gasteiger partial charge in [-0.05, 0) is 55.3 Å². The molecule has 1 aromatic heterocycles. The molecule has 0 unspecified atom stereocenters. The van der Waals surface area contributed by atoms with E-state index in [9.17, 15) is 19.5 Å². The molecular formula is C25H26N4O6. The second kappa shape index (κ2) is 9.13. The molecule has 0 radical (unpaired) electrons. The van der Waals surface area contributed by atoms with Gasteiger partial charge in [-0.2, -0.15) is 5.10 Å². The number of H-pyrrole nitrogens is 1. The summed E-state index contributed by atoms with van der Waals surface area (Å²) in [6, 6.07) is 9.93. The van der Waals surface area contributed by atoms with Crippen molar-refractivity contribution >= 4 is 11.6 Å². The highest BCUT2D eigenvalue weighted by molar-refractivity contribution is 6.04. The largest absolute Gasteiger partial charge is 0.497 e. The quantitative estimate of drug-likeness (QED) is 0.580. The molecular weight excluding hydrogens is 452 g/mol. The van der Waals surface area contributed by atoms with E-state index in [-0.39, 0.29) is 23.6 Å². The minimum absolute atomic E-state index is 0.102. The lowest BCUT2D eigenvalue weighted by atomic mass is 9.98. The molecule has 10 heteroatoms. The summed E-state index contributed by atoms with van der Waals surface area (Å²) >= 11 is 0. The van der Waals surface area contributed by atoms with Crippen molar-refractivity contribution < 1.29 is 19.4 Å². The van der Waals surface area contributed by atoms with Crippen LogP contribution >= 0.6 is 0 Å². The maximum Gasteiger partial charge on any atom is 0.335 e. The second-order valence-electron chi connectivity index (χ2n) is 8.38. The summed E-state index contributed by atoms with van der Waals surface area (Å²) in [5.74, 6) is 0.149. The number of ether oxygens (including phenoxy) is 2. The van der Waals surface area contributed by atoms with Gasteiger partial charge in [-0.3, -0.25) is 14.6 Å². The zero-order chi connectivity index (χ0) is 25.4. The van der Waals surface area contributed by atoms with E-state index in [1.165, 1.54) is 26.2 Å². The van der Waals surface area contributed by atoms with E-state index >= 15 is 0 Å². The summed E-state index contributed by atoms with van der Waals surface area (Å²) in [7, 11) is 3.04. The van der Waals surface area contributed by atoms with Crippen LogP contribution in [0.4, 0.5) is 0 Å². The van der Waals surface area contributed by atoms with Crippen LogP contribution in [0.5, 0.6) is 17.4 Å². The number of amides is 1. The van der Waals surface area contributed by atoms with Gasteiger partial charge in [-0.15, -0.1) is 0 Å². The molecule has 3 aromatic rings. The molecule has 2 N–H and O–H groups in total. The Balaban J connectivity index is 1.87. The first-order chi connectivity index (χ1) is 16.6. The maximum absolute atomic E-state index is 12.9. The smallest absolute Gasteiger partial charge is 0.335 e. The van der Waals surface area contributed by atoms with Crippen molar-refractivity contribution in [1.29, 1.82) is 0 Å². The molecule has 4 rings (SSSR count). The molecule has 0 saturated carbocycles. The molecule has 1 atom stereocenters. The summed E-state index contributed by atoms with van der Waals surface area (Å²) in [4.78, 5) is 40.3. The van der Waals surface area contributed by atoms with Crippen LogP contribution < -0.4 is 20.7 Å². The molecule has 1 amide bonds. The molecule has 35 heavy (non-hydrogen) atoms. The fraction of sp³-hybridized carbons (Fsp3) is 0.280. The first-order valence-electron chi connectivity index (χ1n) is 10.9. The van der Waals surface area contributed by atoms with Gasteiger partial charge >= 0.3 is 5.69 Å². The molecule has 0 fully saturated rings. The van der Waals surface area contributed by atoms with Crippen molar-refractivity contribution in [3.8, 4) is 23.1 Å². The van der Waals surface area contributed by atoms with Gasteiger partial charge in [0.05, 0.1) is 31.7 Å². The number of aromatic amines is 1. The van der Waals surface area contributed by atoms with E-state index in [2.05, 4.69) is 10.1 Å². The van der Waals surface area contributed by atoms with E-state index in [0.717, 1.165) is 15.7 Å². The summed E-state index contributed by atoms with van der Waals surface area (Å²) in [6.45, 7) is 5.08. The Morgan fingerprint density at radius 1 is 1.09 bits per heavy atom. The fourth-order valence-corrected chi connectivity index (χ4v) is 4.40. The molecule has 0 aliphatic carbocycles. The van der Waals surface area contributed by atoms with Gasteiger partial charge in [0, 0.05) is 18.9 Å². The highest BCUT2D eigenvalue weighted by atomic mass is 16.5. The molecule has 2 heterocycles. The number of carbonyl (C=O) groups excluding carboxylic acids is 1. The standard InChI is InChI=1S/C25H26N4O6/c1-13-8-14(2)10-16(9-13)28-24(32)22(23(31)26-25(28)33)19-12-20(29(27-19)15(3)30)18-11-17(34-4)6-7-21(18)35-5/h6-11,20,32H,12H2,1-5H3,(H,26,31,33)/t20-/m0/s1. The Morgan fingerprint density at radius 2 is 1.77 bits per heavy atom. The van der Waals surface area contributed by atoms with Crippen LogP contribution in [0.3, 0.4) is 0 Å². The van der Waals surface area contributed by atoms with Gasteiger partial charge in [-0.25, -0.2) is 14.4 Å². The number of aromatic hydroxyl groups is 1. The van der Waals surface area contributed by atoms with Crippen molar-refractivity contribution in [3.05, 3.63) is 79.5 Å². The highest BCUT2D eigenvalue weighted by Crippen LogP contribution is 2.39. The molecule has 1 aliphatic heterocycles. The van der Waals surface area contributed by atoms with E-state index in [1.54, 1.807) is 30.3 Å². The molecule has 1 aliphatic rings. The Labute approximate surface area is 201 Å². The number of nitrogens with zero attached hydrogens (tertiary/aromatic N) is 3. The van der Waals surface area contributed by atoms with Crippen molar-refractivity contribution in [2.24, 2.45) is 5.10 Å². The number of aryl methyl sites for hydroxylation is 2. The predicted molar refractivity (Wildman–Crippen MR) is 130 cm³/mol. The Kier molecular flexibility index (Phi) is 6.21. The van der Waals surface area contributed by atoms with E-state index in [4.69, 9.17) is 9.47 Å². The zero-order valence-electron chi connectivity index (χ0n) is 20.1. The normalized spacial score (nSPS) is 15.2. The van der Waals surface area contributed by atoms with Crippen LogP contribution in [-0.2, 0) is 4.79 Å². The number of hydrogen-bond donors (Lipinski definition) is 2. The summed E-state index contributed by atoms with van der Waals surface area (Å²) < 4.78 is 11.8. The molecule has 10 nitrogen and oxygen atoms in total. The van der Waals surface area contributed by atoms with Gasteiger partial charge in [0.25, 0.3) is 5.56 Å². The summed E-state index contributed by atoms with van der Waals surface area (Å²) in [6.07, 6.45) is 0.102. The van der Waals surface area contributed by atoms with Gasteiger partial charge < -0.3 is 14.6 Å². The van der Waals surface area contributed by atoms with Crippen molar-refractivity contribution in [2.75, 3.05) is 14.2 Å². The number of rotatable bonds is 5. The lowest BCUT2D eigenvalue weighted by molar-refractivity contribution is -0.130. The maximum atomic E-state index is 12.9. The third-order valence-corrected chi connectivity index (χ3v) is 5.87. The number of carbonyl (C=O) groups is 1. The minimum atomic E-state index is -0.798. The number of hydrogen-bond acceptors (Lipinski definition) is 7. The monoisotopic (exact) mass is 478 g/mol. The van der Waals surface area contributed by atoms with Gasteiger partial charge in [0.15, 0.2) is 0 Å². The molecule has 0 saturated heterocycles. The third kappa shape index (κ3) is 4.30. The number of methoxy groups -OCH3 is 2. The SMILES string of the molecule is COc1ccc(OC)c([C@@H]2CC(c3c(O)n(-c4cc(C)cc(C)c4)c(=O)[nH]c3=O)=NN2C(C)=O)c1. The Hall–Kier alpha value is -4.34. The van der Waals surface area contributed by atoms with Crippen LogP contribution in [0.2, 0.25) is 0 Å². The van der Waals surface area contributed by atoms with Crippen molar-refractivity contribution in [1.82, 2.24) is 14.6 Å². The van der Waals surface area contributed by atoms with Crippen LogP contribution in [0.1, 0.15) is 41.6 Å². The van der Waals surface area contributed by atoms with E-state index in [0.29, 0.717) is 22.7 Å². The lowest BCUT2D eigenvalue weighted by Crippen LogP contribution is -2.33.